The van der Waals surface area contributed by atoms with Crippen LogP contribution in [0.25, 0.3) is 0 Å². The van der Waals surface area contributed by atoms with E-state index in [0.29, 0.717) is 13.1 Å². The van der Waals surface area contributed by atoms with E-state index >= 15 is 0 Å². The molecule has 0 radical (unpaired) electrons. The average molecular weight is 374 g/mol. The third-order valence-corrected chi connectivity index (χ3v) is 4.45. The molecule has 1 aromatic carbocycles. The van der Waals surface area contributed by atoms with Crippen molar-refractivity contribution in [3.05, 3.63) is 41.2 Å². The summed E-state index contributed by atoms with van der Waals surface area (Å²) in [6.07, 6.45) is 0.0579. The third-order valence-electron chi connectivity index (χ3n) is 4.45. The van der Waals surface area contributed by atoms with Gasteiger partial charge in [0, 0.05) is 19.0 Å². The standard InChI is InChI=1S/C21H30N2O4/c1-13(2)19(24)17-18(15-7-9-16(10-8-15)27-14(3)4)23(12-11-22(5)6)21(26)20(17)25/h7-10,13-14,18,25H,11-12H2,1-6H3. The van der Waals surface area contributed by atoms with Crippen molar-refractivity contribution in [1.29, 1.82) is 0 Å². The zero-order chi connectivity index (χ0) is 20.3. The number of aliphatic hydroxyl groups excluding tert-OH is 1. The molecule has 1 heterocycles. The normalized spacial score (nSPS) is 17.6. The Balaban J connectivity index is 2.43. The van der Waals surface area contributed by atoms with Crippen molar-refractivity contribution in [2.24, 2.45) is 5.92 Å². The molecule has 27 heavy (non-hydrogen) atoms. The molecule has 0 aromatic heterocycles. The van der Waals surface area contributed by atoms with Crippen molar-refractivity contribution in [1.82, 2.24) is 9.80 Å². The Bertz CT molecular complexity index is 720. The highest BCUT2D eigenvalue weighted by molar-refractivity contribution is 6.09. The SMILES string of the molecule is CC(C)Oc1ccc(C2C(C(=O)C(C)C)=C(O)C(=O)N2CCN(C)C)cc1. The third kappa shape index (κ3) is 4.69. The molecule has 2 rings (SSSR count). The molecule has 1 aliphatic rings. The van der Waals surface area contributed by atoms with Crippen LogP contribution < -0.4 is 4.74 Å². The number of aliphatic hydroxyl groups is 1. The van der Waals surface area contributed by atoms with Crippen LogP contribution in [0.2, 0.25) is 0 Å². The maximum atomic E-state index is 12.7. The van der Waals surface area contributed by atoms with Gasteiger partial charge in [-0.25, -0.2) is 0 Å². The second-order valence-electron chi connectivity index (χ2n) is 7.72. The topological polar surface area (TPSA) is 70.1 Å². The van der Waals surface area contributed by atoms with Crippen LogP contribution in [0.5, 0.6) is 5.75 Å². The van der Waals surface area contributed by atoms with Crippen molar-refractivity contribution in [2.45, 2.75) is 39.8 Å². The fraction of sp³-hybridized carbons (Fsp3) is 0.524. The fourth-order valence-electron chi connectivity index (χ4n) is 3.10. The number of carbonyl (C=O) groups excluding carboxylic acids is 2. The van der Waals surface area contributed by atoms with Gasteiger partial charge in [-0.15, -0.1) is 0 Å². The van der Waals surface area contributed by atoms with E-state index < -0.39 is 17.7 Å². The van der Waals surface area contributed by atoms with Gasteiger partial charge in [-0.3, -0.25) is 9.59 Å². The van der Waals surface area contributed by atoms with Crippen molar-refractivity contribution >= 4 is 11.7 Å². The Hall–Kier alpha value is -2.34. The lowest BCUT2D eigenvalue weighted by molar-refractivity contribution is -0.129. The summed E-state index contributed by atoms with van der Waals surface area (Å²) in [5.74, 6) is -0.716. The number of carbonyl (C=O) groups is 2. The maximum Gasteiger partial charge on any atom is 0.290 e. The number of ether oxygens (including phenoxy) is 1. The minimum atomic E-state index is -0.583. The average Bonchev–Trinajstić information content (AvgIpc) is 2.83. The largest absolute Gasteiger partial charge is 0.503 e. The Morgan fingerprint density at radius 1 is 1.19 bits per heavy atom. The molecule has 0 spiro atoms. The van der Waals surface area contributed by atoms with E-state index in [1.54, 1.807) is 18.7 Å². The highest BCUT2D eigenvalue weighted by Gasteiger charge is 2.43. The van der Waals surface area contributed by atoms with Crippen LogP contribution in [0.3, 0.4) is 0 Å². The van der Waals surface area contributed by atoms with Crippen molar-refractivity contribution in [3.63, 3.8) is 0 Å². The molecule has 1 amide bonds. The molecule has 0 aliphatic carbocycles. The first kappa shape index (κ1) is 21.0. The second-order valence-corrected chi connectivity index (χ2v) is 7.72. The van der Waals surface area contributed by atoms with Crippen LogP contribution in [-0.4, -0.2) is 59.9 Å². The van der Waals surface area contributed by atoms with Crippen LogP contribution >= 0.6 is 0 Å². The van der Waals surface area contributed by atoms with E-state index in [1.807, 2.05) is 57.1 Å². The van der Waals surface area contributed by atoms with Crippen LogP contribution in [0.1, 0.15) is 39.3 Å². The molecule has 1 aliphatic heterocycles. The zero-order valence-electron chi connectivity index (χ0n) is 17.0. The van der Waals surface area contributed by atoms with Crippen molar-refractivity contribution in [2.75, 3.05) is 27.2 Å². The number of hydrogen-bond acceptors (Lipinski definition) is 5. The molecule has 6 heteroatoms. The Labute approximate surface area is 161 Å². The fourth-order valence-corrected chi connectivity index (χ4v) is 3.10. The van der Waals surface area contributed by atoms with Crippen LogP contribution in [0.15, 0.2) is 35.6 Å². The van der Waals surface area contributed by atoms with Gasteiger partial charge >= 0.3 is 0 Å². The lowest BCUT2D eigenvalue weighted by Crippen LogP contribution is -2.36. The molecule has 1 unspecified atom stereocenters. The maximum absolute atomic E-state index is 12.7. The molecule has 6 nitrogen and oxygen atoms in total. The summed E-state index contributed by atoms with van der Waals surface area (Å²) in [6.45, 7) is 8.49. The van der Waals surface area contributed by atoms with Gasteiger partial charge in [-0.05, 0) is 45.6 Å². The van der Waals surface area contributed by atoms with Gasteiger partial charge in [0.15, 0.2) is 11.5 Å². The monoisotopic (exact) mass is 374 g/mol. The molecule has 0 bridgehead atoms. The highest BCUT2D eigenvalue weighted by Crippen LogP contribution is 2.39. The van der Waals surface area contributed by atoms with Gasteiger partial charge in [0.2, 0.25) is 0 Å². The van der Waals surface area contributed by atoms with Gasteiger partial charge in [0.25, 0.3) is 5.91 Å². The van der Waals surface area contributed by atoms with Crippen LogP contribution in [0, 0.1) is 5.92 Å². The van der Waals surface area contributed by atoms with E-state index in [1.165, 1.54) is 0 Å². The first-order valence-electron chi connectivity index (χ1n) is 9.33. The zero-order valence-corrected chi connectivity index (χ0v) is 17.0. The van der Waals surface area contributed by atoms with Gasteiger partial charge in [-0.1, -0.05) is 26.0 Å². The molecule has 0 saturated carbocycles. The number of ketones is 1. The molecule has 0 fully saturated rings. The minimum Gasteiger partial charge on any atom is -0.503 e. The summed E-state index contributed by atoms with van der Waals surface area (Å²) in [6, 6.07) is 6.78. The second kappa shape index (κ2) is 8.57. The molecule has 0 saturated heterocycles. The summed E-state index contributed by atoms with van der Waals surface area (Å²) >= 11 is 0. The number of hydrogen-bond donors (Lipinski definition) is 1. The predicted molar refractivity (Wildman–Crippen MR) is 105 cm³/mol. The van der Waals surface area contributed by atoms with Gasteiger partial charge < -0.3 is 19.6 Å². The van der Waals surface area contributed by atoms with E-state index in [-0.39, 0.29) is 23.4 Å². The summed E-state index contributed by atoms with van der Waals surface area (Å²) in [5.41, 5.74) is 0.970. The molecule has 1 aromatic rings. The number of rotatable bonds is 8. The lowest BCUT2D eigenvalue weighted by Gasteiger charge is -2.28. The van der Waals surface area contributed by atoms with Crippen molar-refractivity contribution < 1.29 is 19.4 Å². The molecular weight excluding hydrogens is 344 g/mol. The number of likely N-dealkylation sites (N-methyl/N-ethyl adjacent to an activating group) is 1. The molecular formula is C21H30N2O4. The van der Waals surface area contributed by atoms with Gasteiger partial charge in [0.05, 0.1) is 17.7 Å². The van der Waals surface area contributed by atoms with E-state index in [4.69, 9.17) is 4.74 Å². The van der Waals surface area contributed by atoms with Crippen LogP contribution in [-0.2, 0) is 9.59 Å². The van der Waals surface area contributed by atoms with Gasteiger partial charge in [0.1, 0.15) is 5.75 Å². The smallest absolute Gasteiger partial charge is 0.290 e. The minimum absolute atomic E-state index is 0.0579. The number of amides is 1. The van der Waals surface area contributed by atoms with E-state index in [2.05, 4.69) is 0 Å². The summed E-state index contributed by atoms with van der Waals surface area (Å²) in [7, 11) is 3.84. The van der Waals surface area contributed by atoms with Crippen LogP contribution in [0.4, 0.5) is 0 Å². The first-order valence-corrected chi connectivity index (χ1v) is 9.33. The highest BCUT2D eigenvalue weighted by atomic mass is 16.5. The Kier molecular flexibility index (Phi) is 6.65. The lowest BCUT2D eigenvalue weighted by atomic mass is 9.91. The molecule has 1 N–H and O–H groups in total. The van der Waals surface area contributed by atoms with E-state index in [9.17, 15) is 14.7 Å². The number of nitrogens with zero attached hydrogens (tertiary/aromatic N) is 2. The van der Waals surface area contributed by atoms with Crippen molar-refractivity contribution in [3.8, 4) is 5.75 Å². The first-order chi connectivity index (χ1) is 12.6. The van der Waals surface area contributed by atoms with E-state index in [0.717, 1.165) is 11.3 Å². The molecule has 148 valence electrons. The quantitative estimate of drug-likeness (QED) is 0.758. The Morgan fingerprint density at radius 3 is 2.26 bits per heavy atom. The number of Topliss-reactive ketones (excluding diaryl/α,β-unsaturated/α-hetero) is 1. The summed E-state index contributed by atoms with van der Waals surface area (Å²) in [4.78, 5) is 29.0. The predicted octanol–water partition coefficient (Wildman–Crippen LogP) is 2.96. The summed E-state index contributed by atoms with van der Waals surface area (Å²) < 4.78 is 5.68. The molecule has 1 atom stereocenters. The van der Waals surface area contributed by atoms with Gasteiger partial charge in [-0.2, -0.15) is 0 Å². The Morgan fingerprint density at radius 2 is 1.78 bits per heavy atom. The number of benzene rings is 1. The summed E-state index contributed by atoms with van der Waals surface area (Å²) in [5, 5.41) is 10.4.